The first-order chi connectivity index (χ1) is 10.0. The molecule has 0 fully saturated rings. The Hall–Kier alpha value is -1.75. The fraction of sp³-hybridized carbons (Fsp3) is 0.562. The van der Waals surface area contributed by atoms with Gasteiger partial charge in [0.1, 0.15) is 0 Å². The topological polar surface area (TPSA) is 59.6 Å². The van der Waals surface area contributed by atoms with Crippen molar-refractivity contribution in [1.29, 1.82) is 0 Å². The third kappa shape index (κ3) is 4.93. The molecule has 0 spiro atoms. The maximum absolute atomic E-state index is 11.5. The maximum atomic E-state index is 11.5. The number of rotatable bonds is 8. The van der Waals surface area contributed by atoms with E-state index in [2.05, 4.69) is 24.5 Å². The van der Waals surface area contributed by atoms with Crippen LogP contribution in [0.5, 0.6) is 11.5 Å². The lowest BCUT2D eigenvalue weighted by atomic mass is 10.1. The van der Waals surface area contributed by atoms with E-state index >= 15 is 0 Å². The van der Waals surface area contributed by atoms with E-state index in [-0.39, 0.29) is 11.9 Å². The van der Waals surface area contributed by atoms with Gasteiger partial charge in [0, 0.05) is 13.1 Å². The van der Waals surface area contributed by atoms with Gasteiger partial charge in [0.05, 0.1) is 7.11 Å². The number of likely N-dealkylation sites (N-methyl/N-ethyl adjacent to an activating group) is 1. The molecule has 0 saturated carbocycles. The molecule has 21 heavy (non-hydrogen) atoms. The number of nitrogens with one attached hydrogen (secondary N) is 2. The van der Waals surface area contributed by atoms with E-state index in [1.807, 2.05) is 18.2 Å². The zero-order valence-corrected chi connectivity index (χ0v) is 13.5. The normalized spacial score (nSPS) is 13.4. The summed E-state index contributed by atoms with van der Waals surface area (Å²) in [5.41, 5.74) is 1.13. The monoisotopic (exact) mass is 294 g/mol. The highest BCUT2D eigenvalue weighted by Crippen LogP contribution is 2.31. The van der Waals surface area contributed by atoms with E-state index in [1.165, 1.54) is 0 Å². The first kappa shape index (κ1) is 17.3. The predicted molar refractivity (Wildman–Crippen MR) is 83.9 cm³/mol. The summed E-state index contributed by atoms with van der Waals surface area (Å²) in [7, 11) is 3.18. The van der Waals surface area contributed by atoms with Crippen molar-refractivity contribution in [3.63, 3.8) is 0 Å². The third-order valence-electron chi connectivity index (χ3n) is 3.31. The molecular formula is C16H26N2O3. The van der Waals surface area contributed by atoms with Crippen LogP contribution in [0.2, 0.25) is 0 Å². The van der Waals surface area contributed by atoms with Crippen molar-refractivity contribution in [1.82, 2.24) is 10.6 Å². The van der Waals surface area contributed by atoms with Gasteiger partial charge in [-0.25, -0.2) is 0 Å². The molecule has 118 valence electrons. The van der Waals surface area contributed by atoms with E-state index < -0.39 is 6.10 Å². The Morgan fingerprint density at radius 3 is 2.57 bits per heavy atom. The van der Waals surface area contributed by atoms with Crippen LogP contribution in [0, 0.1) is 0 Å². The summed E-state index contributed by atoms with van der Waals surface area (Å²) in [5.74, 6) is 1.03. The molecule has 0 aliphatic carbocycles. The van der Waals surface area contributed by atoms with Crippen molar-refractivity contribution in [3.05, 3.63) is 23.8 Å². The Bertz CT molecular complexity index is 463. The van der Waals surface area contributed by atoms with Crippen molar-refractivity contribution in [2.24, 2.45) is 0 Å². The zero-order chi connectivity index (χ0) is 15.8. The summed E-state index contributed by atoms with van der Waals surface area (Å²) >= 11 is 0. The molecule has 2 unspecified atom stereocenters. The highest BCUT2D eigenvalue weighted by Gasteiger charge is 2.16. The minimum atomic E-state index is -0.564. The molecule has 1 rings (SSSR count). The van der Waals surface area contributed by atoms with Crippen molar-refractivity contribution in [2.45, 2.75) is 39.3 Å². The van der Waals surface area contributed by atoms with E-state index in [4.69, 9.17) is 9.47 Å². The number of carbonyl (C=O) groups excluding carboxylic acids is 1. The standard InChI is InChI=1S/C16H26N2O3/c1-6-9-18-11(2)13-7-8-14(15(10-13)20-5)21-12(3)16(19)17-4/h7-8,10-12,18H,6,9H2,1-5H3,(H,17,19). The average Bonchev–Trinajstić information content (AvgIpc) is 2.51. The second kappa shape index (κ2) is 8.52. The lowest BCUT2D eigenvalue weighted by Crippen LogP contribution is -2.33. The highest BCUT2D eigenvalue weighted by molar-refractivity contribution is 5.80. The zero-order valence-electron chi connectivity index (χ0n) is 13.5. The number of ether oxygens (including phenoxy) is 2. The molecule has 5 heteroatoms. The number of amides is 1. The van der Waals surface area contributed by atoms with Crippen LogP contribution in [0.4, 0.5) is 0 Å². The quantitative estimate of drug-likeness (QED) is 0.772. The first-order valence-electron chi connectivity index (χ1n) is 7.33. The number of carbonyl (C=O) groups is 1. The fourth-order valence-electron chi connectivity index (χ4n) is 1.98. The molecule has 0 saturated heterocycles. The Labute approximate surface area is 127 Å². The Balaban J connectivity index is 2.86. The molecule has 1 amide bonds. The van der Waals surface area contributed by atoms with Crippen LogP contribution in [-0.4, -0.2) is 32.7 Å². The van der Waals surface area contributed by atoms with Gasteiger partial charge in [0.15, 0.2) is 17.6 Å². The second-order valence-corrected chi connectivity index (χ2v) is 4.96. The van der Waals surface area contributed by atoms with Gasteiger partial charge >= 0.3 is 0 Å². The molecule has 0 heterocycles. The molecule has 2 atom stereocenters. The summed E-state index contributed by atoms with van der Waals surface area (Å²) in [4.78, 5) is 11.5. The molecule has 1 aromatic rings. The molecule has 1 aromatic carbocycles. The fourth-order valence-corrected chi connectivity index (χ4v) is 1.98. The van der Waals surface area contributed by atoms with Crippen molar-refractivity contribution >= 4 is 5.91 Å². The van der Waals surface area contributed by atoms with Gasteiger partial charge in [-0.1, -0.05) is 13.0 Å². The molecule has 2 N–H and O–H groups in total. The lowest BCUT2D eigenvalue weighted by molar-refractivity contribution is -0.126. The van der Waals surface area contributed by atoms with Crippen LogP contribution >= 0.6 is 0 Å². The molecule has 0 radical (unpaired) electrons. The van der Waals surface area contributed by atoms with Crippen molar-refractivity contribution in [3.8, 4) is 11.5 Å². The van der Waals surface area contributed by atoms with Crippen LogP contribution in [0.15, 0.2) is 18.2 Å². The number of methoxy groups -OCH3 is 1. The largest absolute Gasteiger partial charge is 0.493 e. The predicted octanol–water partition coefficient (Wildman–Crippen LogP) is 2.27. The number of benzene rings is 1. The summed E-state index contributed by atoms with van der Waals surface area (Å²) in [5, 5.41) is 5.99. The molecule has 0 aliphatic rings. The summed E-state index contributed by atoms with van der Waals surface area (Å²) in [6.07, 6.45) is 0.525. The smallest absolute Gasteiger partial charge is 0.260 e. The van der Waals surface area contributed by atoms with Gasteiger partial charge in [0.25, 0.3) is 5.91 Å². The second-order valence-electron chi connectivity index (χ2n) is 4.96. The summed E-state index contributed by atoms with van der Waals surface area (Å²) in [6, 6.07) is 6.02. The third-order valence-corrected chi connectivity index (χ3v) is 3.31. The van der Waals surface area contributed by atoms with Crippen LogP contribution in [0.1, 0.15) is 38.8 Å². The Morgan fingerprint density at radius 1 is 1.29 bits per heavy atom. The highest BCUT2D eigenvalue weighted by atomic mass is 16.5. The van der Waals surface area contributed by atoms with Crippen LogP contribution < -0.4 is 20.1 Å². The summed E-state index contributed by atoms with van der Waals surface area (Å²) in [6.45, 7) is 6.92. The molecule has 0 aliphatic heterocycles. The minimum absolute atomic E-state index is 0.167. The van der Waals surface area contributed by atoms with Crippen LogP contribution in [0.25, 0.3) is 0 Å². The molecular weight excluding hydrogens is 268 g/mol. The SMILES string of the molecule is CCCNC(C)c1ccc(OC(C)C(=O)NC)c(OC)c1. The van der Waals surface area contributed by atoms with Gasteiger partial charge in [-0.3, -0.25) is 4.79 Å². The van der Waals surface area contributed by atoms with Crippen molar-refractivity contribution in [2.75, 3.05) is 20.7 Å². The van der Waals surface area contributed by atoms with E-state index in [0.29, 0.717) is 11.5 Å². The Morgan fingerprint density at radius 2 is 2.00 bits per heavy atom. The minimum Gasteiger partial charge on any atom is -0.493 e. The summed E-state index contributed by atoms with van der Waals surface area (Å²) < 4.78 is 11.0. The van der Waals surface area contributed by atoms with Crippen LogP contribution in [0.3, 0.4) is 0 Å². The van der Waals surface area contributed by atoms with Gasteiger partial charge in [0.2, 0.25) is 0 Å². The van der Waals surface area contributed by atoms with Gasteiger partial charge in [-0.05, 0) is 44.5 Å². The van der Waals surface area contributed by atoms with Crippen LogP contribution in [-0.2, 0) is 4.79 Å². The lowest BCUT2D eigenvalue weighted by Gasteiger charge is -2.19. The molecule has 5 nitrogen and oxygen atoms in total. The van der Waals surface area contributed by atoms with E-state index in [9.17, 15) is 4.79 Å². The molecule has 0 bridgehead atoms. The molecule has 0 aromatic heterocycles. The van der Waals surface area contributed by atoms with E-state index in [0.717, 1.165) is 18.5 Å². The van der Waals surface area contributed by atoms with Gasteiger partial charge in [-0.2, -0.15) is 0 Å². The maximum Gasteiger partial charge on any atom is 0.260 e. The Kier molecular flexibility index (Phi) is 7.02. The van der Waals surface area contributed by atoms with Crippen molar-refractivity contribution < 1.29 is 14.3 Å². The van der Waals surface area contributed by atoms with Gasteiger partial charge < -0.3 is 20.1 Å². The van der Waals surface area contributed by atoms with Gasteiger partial charge in [-0.15, -0.1) is 0 Å². The van der Waals surface area contributed by atoms with E-state index in [1.54, 1.807) is 21.1 Å². The number of hydrogen-bond acceptors (Lipinski definition) is 4. The average molecular weight is 294 g/mol. The first-order valence-corrected chi connectivity index (χ1v) is 7.33. The number of hydrogen-bond donors (Lipinski definition) is 2.